The fraction of sp³-hybridized carbons (Fsp3) is 1.00. The van der Waals surface area contributed by atoms with Crippen molar-refractivity contribution in [3.05, 3.63) is 0 Å². The van der Waals surface area contributed by atoms with Gasteiger partial charge in [-0.1, -0.05) is 0 Å². The SMILES string of the molecule is CC(C)(C)N[C@H]1CC[C@H]1N. The van der Waals surface area contributed by atoms with Crippen LogP contribution >= 0.6 is 0 Å². The average Bonchev–Trinajstić information content (AvgIpc) is 1.78. The van der Waals surface area contributed by atoms with Gasteiger partial charge >= 0.3 is 0 Å². The Morgan fingerprint density at radius 3 is 2.00 bits per heavy atom. The zero-order valence-corrected chi connectivity index (χ0v) is 7.15. The van der Waals surface area contributed by atoms with Crippen molar-refractivity contribution in [2.75, 3.05) is 0 Å². The maximum Gasteiger partial charge on any atom is 0.0224 e. The Bertz CT molecular complexity index is 115. The molecule has 0 heterocycles. The summed E-state index contributed by atoms with van der Waals surface area (Å²) in [5.41, 5.74) is 5.99. The summed E-state index contributed by atoms with van der Waals surface area (Å²) < 4.78 is 0. The van der Waals surface area contributed by atoms with Crippen LogP contribution in [0.25, 0.3) is 0 Å². The van der Waals surface area contributed by atoms with Gasteiger partial charge in [-0.05, 0) is 33.6 Å². The van der Waals surface area contributed by atoms with Crippen LogP contribution in [0.15, 0.2) is 0 Å². The molecule has 1 rings (SSSR count). The summed E-state index contributed by atoms with van der Waals surface area (Å²) in [6.45, 7) is 6.54. The van der Waals surface area contributed by atoms with E-state index in [1.54, 1.807) is 0 Å². The molecule has 0 unspecified atom stereocenters. The van der Waals surface area contributed by atoms with Crippen LogP contribution in [0.1, 0.15) is 33.6 Å². The predicted molar refractivity (Wildman–Crippen MR) is 43.9 cm³/mol. The third-order valence-electron chi connectivity index (χ3n) is 1.95. The van der Waals surface area contributed by atoms with Crippen molar-refractivity contribution in [3.63, 3.8) is 0 Å². The van der Waals surface area contributed by atoms with Crippen molar-refractivity contribution < 1.29 is 0 Å². The Hall–Kier alpha value is -0.0800. The van der Waals surface area contributed by atoms with Gasteiger partial charge in [0.15, 0.2) is 0 Å². The molecular formula is C8H18N2. The smallest absolute Gasteiger partial charge is 0.0224 e. The standard InChI is InChI=1S/C8H18N2/c1-8(2,3)10-7-5-4-6(7)9/h6-7,10H,4-5,9H2,1-3H3/t6-,7+/m1/s1. The molecule has 0 aliphatic heterocycles. The molecule has 2 atom stereocenters. The summed E-state index contributed by atoms with van der Waals surface area (Å²) in [4.78, 5) is 0. The molecule has 1 aliphatic carbocycles. The lowest BCUT2D eigenvalue weighted by Crippen LogP contribution is -2.58. The van der Waals surface area contributed by atoms with Crippen molar-refractivity contribution in [1.82, 2.24) is 5.32 Å². The van der Waals surface area contributed by atoms with Crippen molar-refractivity contribution in [3.8, 4) is 0 Å². The van der Waals surface area contributed by atoms with Crippen LogP contribution in [0, 0.1) is 0 Å². The molecule has 2 nitrogen and oxygen atoms in total. The van der Waals surface area contributed by atoms with Gasteiger partial charge in [0.1, 0.15) is 0 Å². The molecule has 1 saturated carbocycles. The summed E-state index contributed by atoms with van der Waals surface area (Å²) in [7, 11) is 0. The maximum atomic E-state index is 5.77. The van der Waals surface area contributed by atoms with Gasteiger partial charge in [0.25, 0.3) is 0 Å². The number of rotatable bonds is 1. The molecule has 0 bridgehead atoms. The van der Waals surface area contributed by atoms with E-state index >= 15 is 0 Å². The minimum Gasteiger partial charge on any atom is -0.326 e. The largest absolute Gasteiger partial charge is 0.326 e. The average molecular weight is 142 g/mol. The summed E-state index contributed by atoms with van der Waals surface area (Å²) in [6.07, 6.45) is 2.44. The van der Waals surface area contributed by atoms with Gasteiger partial charge in [-0.2, -0.15) is 0 Å². The summed E-state index contributed by atoms with van der Waals surface area (Å²) in [6, 6.07) is 0.972. The van der Waals surface area contributed by atoms with Gasteiger partial charge < -0.3 is 11.1 Å². The molecule has 3 N–H and O–H groups in total. The number of hydrogen-bond donors (Lipinski definition) is 2. The second-order valence-electron chi connectivity index (χ2n) is 4.24. The number of hydrogen-bond acceptors (Lipinski definition) is 2. The minimum atomic E-state index is 0.225. The van der Waals surface area contributed by atoms with Gasteiger partial charge in [-0.15, -0.1) is 0 Å². The Labute approximate surface area is 63.2 Å². The number of nitrogens with one attached hydrogen (secondary N) is 1. The van der Waals surface area contributed by atoms with E-state index in [1.165, 1.54) is 12.8 Å². The molecule has 1 fully saturated rings. The highest BCUT2D eigenvalue weighted by Gasteiger charge is 2.29. The van der Waals surface area contributed by atoms with Crippen LogP contribution in [0.2, 0.25) is 0 Å². The third kappa shape index (κ3) is 1.96. The van der Waals surface area contributed by atoms with Crippen molar-refractivity contribution in [1.29, 1.82) is 0 Å². The van der Waals surface area contributed by atoms with Crippen LogP contribution in [0.3, 0.4) is 0 Å². The highest BCUT2D eigenvalue weighted by atomic mass is 15.0. The first kappa shape index (κ1) is 8.02. The summed E-state index contributed by atoms with van der Waals surface area (Å²) >= 11 is 0. The molecule has 0 spiro atoms. The van der Waals surface area contributed by atoms with Crippen LogP contribution < -0.4 is 11.1 Å². The molecule has 1 aliphatic rings. The molecule has 0 aromatic carbocycles. The van der Waals surface area contributed by atoms with E-state index in [-0.39, 0.29) is 5.54 Å². The van der Waals surface area contributed by atoms with E-state index in [1.807, 2.05) is 0 Å². The van der Waals surface area contributed by atoms with E-state index in [0.717, 1.165) is 0 Å². The highest BCUT2D eigenvalue weighted by Crippen LogP contribution is 2.19. The van der Waals surface area contributed by atoms with E-state index < -0.39 is 0 Å². The first-order chi connectivity index (χ1) is 4.49. The number of nitrogens with two attached hydrogens (primary N) is 1. The van der Waals surface area contributed by atoms with Crippen LogP contribution in [0.4, 0.5) is 0 Å². The quantitative estimate of drug-likeness (QED) is 0.570. The van der Waals surface area contributed by atoms with Crippen molar-refractivity contribution in [2.24, 2.45) is 5.73 Å². The molecule has 0 aromatic heterocycles. The Morgan fingerprint density at radius 1 is 1.30 bits per heavy atom. The van der Waals surface area contributed by atoms with Crippen LogP contribution in [-0.2, 0) is 0 Å². The first-order valence-corrected chi connectivity index (χ1v) is 4.02. The van der Waals surface area contributed by atoms with Gasteiger partial charge in [-0.3, -0.25) is 0 Å². The van der Waals surface area contributed by atoms with E-state index in [9.17, 15) is 0 Å². The Kier molecular flexibility index (Phi) is 2.02. The van der Waals surface area contributed by atoms with Crippen LogP contribution in [0.5, 0.6) is 0 Å². The van der Waals surface area contributed by atoms with Gasteiger partial charge in [-0.25, -0.2) is 0 Å². The zero-order chi connectivity index (χ0) is 7.78. The highest BCUT2D eigenvalue weighted by molar-refractivity contribution is 4.93. The Morgan fingerprint density at radius 2 is 1.90 bits per heavy atom. The van der Waals surface area contributed by atoms with Crippen molar-refractivity contribution in [2.45, 2.75) is 51.2 Å². The third-order valence-corrected chi connectivity index (χ3v) is 1.95. The summed E-state index contributed by atoms with van der Waals surface area (Å²) in [5.74, 6) is 0. The van der Waals surface area contributed by atoms with Gasteiger partial charge in [0.05, 0.1) is 0 Å². The predicted octanol–water partition coefficient (Wildman–Crippen LogP) is 0.864. The van der Waals surface area contributed by atoms with E-state index in [0.29, 0.717) is 12.1 Å². The second kappa shape index (κ2) is 2.51. The molecule has 0 amide bonds. The van der Waals surface area contributed by atoms with Crippen molar-refractivity contribution >= 4 is 0 Å². The maximum absolute atomic E-state index is 5.77. The lowest BCUT2D eigenvalue weighted by atomic mass is 9.85. The lowest BCUT2D eigenvalue weighted by Gasteiger charge is -2.39. The van der Waals surface area contributed by atoms with E-state index in [4.69, 9.17) is 5.73 Å². The molecule has 0 aromatic rings. The molecule has 10 heavy (non-hydrogen) atoms. The van der Waals surface area contributed by atoms with Gasteiger partial charge in [0.2, 0.25) is 0 Å². The first-order valence-electron chi connectivity index (χ1n) is 4.02. The zero-order valence-electron chi connectivity index (χ0n) is 7.15. The normalized spacial score (nSPS) is 33.6. The fourth-order valence-electron chi connectivity index (χ4n) is 1.26. The lowest BCUT2D eigenvalue weighted by molar-refractivity contribution is 0.230. The molecule has 0 saturated heterocycles. The fourth-order valence-corrected chi connectivity index (χ4v) is 1.26. The molecular weight excluding hydrogens is 124 g/mol. The van der Waals surface area contributed by atoms with Gasteiger partial charge in [0, 0.05) is 17.6 Å². The molecule has 0 radical (unpaired) electrons. The minimum absolute atomic E-state index is 0.225. The van der Waals surface area contributed by atoms with E-state index in [2.05, 4.69) is 26.1 Å². The molecule has 2 heteroatoms. The second-order valence-corrected chi connectivity index (χ2v) is 4.24. The molecule has 60 valence electrons. The monoisotopic (exact) mass is 142 g/mol. The topological polar surface area (TPSA) is 38.0 Å². The summed E-state index contributed by atoms with van der Waals surface area (Å²) in [5, 5.41) is 3.48. The Balaban J connectivity index is 2.26. The van der Waals surface area contributed by atoms with Crippen LogP contribution in [-0.4, -0.2) is 17.6 Å².